The molecule has 2 aromatic rings. The maximum Gasteiger partial charge on any atom is 0.408 e. The largest absolute Gasteiger partial charge is 0.474 e. The zero-order valence-electron chi connectivity index (χ0n) is 19.9. The number of benzene rings is 1. The molecule has 0 bridgehead atoms. The van der Waals surface area contributed by atoms with E-state index in [0.717, 1.165) is 42.8 Å². The van der Waals surface area contributed by atoms with Gasteiger partial charge < -0.3 is 20.1 Å². The Bertz CT molecular complexity index is 991. The summed E-state index contributed by atoms with van der Waals surface area (Å²) in [5, 5.41) is 6.47. The van der Waals surface area contributed by atoms with Gasteiger partial charge in [0.2, 0.25) is 5.88 Å². The molecule has 5 rings (SSSR count). The van der Waals surface area contributed by atoms with Crippen LogP contribution in [0.4, 0.5) is 4.79 Å². The number of carbonyl (C=O) groups excluding carboxylic acids is 1. The van der Waals surface area contributed by atoms with Crippen molar-refractivity contribution in [2.45, 2.75) is 70.1 Å². The highest BCUT2D eigenvalue weighted by atomic mass is 16.5. The second kappa shape index (κ2) is 8.64. The van der Waals surface area contributed by atoms with E-state index in [2.05, 4.69) is 23.6 Å². The molecule has 1 amide bonds. The first-order chi connectivity index (χ1) is 15.8. The van der Waals surface area contributed by atoms with Gasteiger partial charge in [0.25, 0.3) is 0 Å². The molecular weight excluding hydrogens is 414 g/mol. The molecule has 1 unspecified atom stereocenters. The van der Waals surface area contributed by atoms with E-state index >= 15 is 0 Å². The summed E-state index contributed by atoms with van der Waals surface area (Å²) in [6.45, 7) is 8.62. The lowest BCUT2D eigenvalue weighted by Crippen LogP contribution is -2.41. The van der Waals surface area contributed by atoms with Gasteiger partial charge in [0.05, 0.1) is 11.2 Å². The van der Waals surface area contributed by atoms with E-state index in [4.69, 9.17) is 14.5 Å². The molecule has 0 spiro atoms. The number of hydrogen-bond acceptors (Lipinski definition) is 5. The van der Waals surface area contributed by atoms with Crippen LogP contribution >= 0.6 is 0 Å². The van der Waals surface area contributed by atoms with E-state index in [1.165, 1.54) is 12.8 Å². The summed E-state index contributed by atoms with van der Waals surface area (Å²) in [7, 11) is 0. The van der Waals surface area contributed by atoms with E-state index < -0.39 is 11.6 Å². The Morgan fingerprint density at radius 3 is 2.55 bits per heavy atom. The first kappa shape index (κ1) is 22.2. The molecule has 3 aliphatic rings. The molecular formula is C27H35N3O3. The highest BCUT2D eigenvalue weighted by molar-refractivity contribution is 5.68. The third-order valence-electron chi connectivity index (χ3n) is 7.75. The number of rotatable bonds is 7. The fraction of sp³-hybridized carbons (Fsp3) is 0.556. The quantitative estimate of drug-likeness (QED) is 0.643. The van der Waals surface area contributed by atoms with Crippen LogP contribution in [0.5, 0.6) is 5.88 Å². The van der Waals surface area contributed by atoms with E-state index in [1.807, 2.05) is 50.2 Å². The maximum absolute atomic E-state index is 12.6. The van der Waals surface area contributed by atoms with E-state index in [1.54, 1.807) is 0 Å². The molecule has 1 saturated heterocycles. The van der Waals surface area contributed by atoms with Crippen LogP contribution in [0.3, 0.4) is 0 Å². The van der Waals surface area contributed by atoms with Crippen molar-refractivity contribution >= 4 is 6.09 Å². The Labute approximate surface area is 196 Å². The first-order valence-corrected chi connectivity index (χ1v) is 12.2. The summed E-state index contributed by atoms with van der Waals surface area (Å²) in [4.78, 5) is 17.6. The SMILES string of the molecule is CC1(c2cc(C(C)(C)NC(=O)OCc3ccccc3)cc(OC3[C@H]4CNC[C@@H]34)n2)CCCC1. The number of nitrogens with zero attached hydrogens (tertiary/aromatic N) is 1. The van der Waals surface area contributed by atoms with E-state index in [9.17, 15) is 4.79 Å². The van der Waals surface area contributed by atoms with Crippen molar-refractivity contribution in [1.29, 1.82) is 0 Å². The molecule has 6 heteroatoms. The number of alkyl carbamates (subject to hydrolysis) is 1. The number of ether oxygens (including phenoxy) is 2. The van der Waals surface area contributed by atoms with Crippen molar-refractivity contribution < 1.29 is 14.3 Å². The van der Waals surface area contributed by atoms with Crippen molar-refractivity contribution in [3.63, 3.8) is 0 Å². The average Bonchev–Trinajstić information content (AvgIpc) is 3.17. The Morgan fingerprint density at radius 1 is 1.15 bits per heavy atom. The summed E-state index contributed by atoms with van der Waals surface area (Å²) in [5.74, 6) is 1.88. The molecule has 6 nitrogen and oxygen atoms in total. The second-order valence-corrected chi connectivity index (χ2v) is 10.7. The number of pyridine rings is 1. The summed E-state index contributed by atoms with van der Waals surface area (Å²) < 4.78 is 11.9. The van der Waals surface area contributed by atoms with Gasteiger partial charge in [0, 0.05) is 36.4 Å². The molecule has 3 fully saturated rings. The zero-order valence-corrected chi connectivity index (χ0v) is 19.9. The molecule has 1 aromatic carbocycles. The van der Waals surface area contributed by atoms with E-state index in [-0.39, 0.29) is 18.1 Å². The van der Waals surface area contributed by atoms with Crippen LogP contribution in [-0.2, 0) is 22.3 Å². The number of fused-ring (bicyclic) bond motifs is 1. The van der Waals surface area contributed by atoms with Gasteiger partial charge in [-0.15, -0.1) is 0 Å². The number of aromatic nitrogens is 1. The molecule has 0 radical (unpaired) electrons. The molecule has 2 N–H and O–H groups in total. The van der Waals surface area contributed by atoms with Crippen molar-refractivity contribution in [3.05, 3.63) is 59.3 Å². The Hall–Kier alpha value is -2.60. The normalized spacial score (nSPS) is 25.4. The van der Waals surface area contributed by atoms with Gasteiger partial charge >= 0.3 is 6.09 Å². The van der Waals surface area contributed by atoms with Crippen LogP contribution < -0.4 is 15.4 Å². The van der Waals surface area contributed by atoms with Gasteiger partial charge in [-0.1, -0.05) is 50.1 Å². The lowest BCUT2D eigenvalue weighted by Gasteiger charge is -2.30. The van der Waals surface area contributed by atoms with Crippen LogP contribution in [0.1, 0.15) is 63.3 Å². The van der Waals surface area contributed by atoms with Crippen LogP contribution in [-0.4, -0.2) is 30.3 Å². The van der Waals surface area contributed by atoms with E-state index in [0.29, 0.717) is 17.7 Å². The minimum Gasteiger partial charge on any atom is -0.474 e. The summed E-state index contributed by atoms with van der Waals surface area (Å²) in [5.41, 5.74) is 2.46. The molecule has 1 aromatic heterocycles. The number of hydrogen-bond donors (Lipinski definition) is 2. The smallest absolute Gasteiger partial charge is 0.408 e. The molecule has 176 valence electrons. The second-order valence-electron chi connectivity index (χ2n) is 10.7. The predicted molar refractivity (Wildman–Crippen MR) is 127 cm³/mol. The van der Waals surface area contributed by atoms with Crippen LogP contribution in [0.25, 0.3) is 0 Å². The predicted octanol–water partition coefficient (Wildman–Crippen LogP) is 4.67. The monoisotopic (exact) mass is 449 g/mol. The Kier molecular flexibility index (Phi) is 5.81. The van der Waals surface area contributed by atoms with Gasteiger partial charge in [-0.3, -0.25) is 0 Å². The molecule has 2 saturated carbocycles. The van der Waals surface area contributed by atoms with Crippen LogP contribution in [0, 0.1) is 11.8 Å². The van der Waals surface area contributed by atoms with Gasteiger partial charge in [-0.05, 0) is 43.9 Å². The Morgan fingerprint density at radius 2 is 1.85 bits per heavy atom. The topological polar surface area (TPSA) is 72.5 Å². The molecule has 2 aliphatic carbocycles. The molecule has 33 heavy (non-hydrogen) atoms. The van der Waals surface area contributed by atoms with Crippen molar-refractivity contribution in [2.75, 3.05) is 13.1 Å². The minimum absolute atomic E-state index is 0.0546. The van der Waals surface area contributed by atoms with Crippen molar-refractivity contribution in [1.82, 2.24) is 15.6 Å². The van der Waals surface area contributed by atoms with Gasteiger partial charge in [-0.25, -0.2) is 9.78 Å². The van der Waals surface area contributed by atoms with Gasteiger partial charge in [-0.2, -0.15) is 0 Å². The fourth-order valence-electron chi connectivity index (χ4n) is 5.41. The Balaban J connectivity index is 1.34. The van der Waals surface area contributed by atoms with Crippen molar-refractivity contribution in [2.24, 2.45) is 11.8 Å². The standard InChI is InChI=1S/C27H35N3O3/c1-26(2,30-25(31)32-17-18-9-5-4-6-10-18)19-13-22(27(3)11-7-8-12-27)29-23(14-19)33-24-20-15-28-16-21(20)24/h4-6,9-10,13-14,20-21,24,28H,7-8,11-12,15-17H2,1-3H3,(H,30,31)/t20-,21+,24?. The minimum atomic E-state index is -0.625. The highest BCUT2D eigenvalue weighted by Gasteiger charge is 2.55. The fourth-order valence-corrected chi connectivity index (χ4v) is 5.41. The lowest BCUT2D eigenvalue weighted by molar-refractivity contribution is 0.129. The van der Waals surface area contributed by atoms with Gasteiger partial charge in [0.15, 0.2) is 0 Å². The molecule has 3 atom stereocenters. The number of amides is 1. The summed E-state index contributed by atoms with van der Waals surface area (Å²) >= 11 is 0. The number of carbonyl (C=O) groups is 1. The summed E-state index contributed by atoms with van der Waals surface area (Å²) in [6.07, 6.45) is 4.54. The third kappa shape index (κ3) is 4.72. The number of piperidine rings is 1. The zero-order chi connectivity index (χ0) is 23.1. The lowest BCUT2D eigenvalue weighted by atomic mass is 9.82. The highest BCUT2D eigenvalue weighted by Crippen LogP contribution is 2.46. The summed E-state index contributed by atoms with van der Waals surface area (Å²) in [6, 6.07) is 13.9. The number of nitrogens with one attached hydrogen (secondary N) is 2. The maximum atomic E-state index is 12.6. The average molecular weight is 450 g/mol. The van der Waals surface area contributed by atoms with Crippen molar-refractivity contribution in [3.8, 4) is 5.88 Å². The van der Waals surface area contributed by atoms with Crippen LogP contribution in [0.2, 0.25) is 0 Å². The van der Waals surface area contributed by atoms with Gasteiger partial charge in [0.1, 0.15) is 12.7 Å². The van der Waals surface area contributed by atoms with Crippen LogP contribution in [0.15, 0.2) is 42.5 Å². The first-order valence-electron chi connectivity index (χ1n) is 12.2. The molecule has 1 aliphatic heterocycles. The third-order valence-corrected chi connectivity index (χ3v) is 7.75. The molecule has 2 heterocycles.